The van der Waals surface area contributed by atoms with Crippen molar-refractivity contribution in [3.05, 3.63) is 47.5 Å². The van der Waals surface area contributed by atoms with Gasteiger partial charge < -0.3 is 9.47 Å². The summed E-state index contributed by atoms with van der Waals surface area (Å²) >= 11 is 7.44. The zero-order valence-electron chi connectivity index (χ0n) is 13.1. The van der Waals surface area contributed by atoms with E-state index in [2.05, 4.69) is 9.55 Å². The molecular formula is C17H20ClN3OS. The Morgan fingerprint density at radius 1 is 1.39 bits per heavy atom. The van der Waals surface area contributed by atoms with Crippen LogP contribution >= 0.6 is 23.4 Å². The molecule has 1 atom stereocenters. The molecule has 0 radical (unpaired) electrons. The summed E-state index contributed by atoms with van der Waals surface area (Å²) in [5, 5.41) is 0.717. The molecule has 1 aromatic heterocycles. The Hall–Kier alpha value is -1.46. The molecule has 1 saturated heterocycles. The van der Waals surface area contributed by atoms with E-state index in [1.807, 2.05) is 48.6 Å². The van der Waals surface area contributed by atoms with Gasteiger partial charge in [-0.2, -0.15) is 0 Å². The molecule has 0 saturated carbocycles. The van der Waals surface area contributed by atoms with E-state index in [0.717, 1.165) is 41.7 Å². The first-order valence-electron chi connectivity index (χ1n) is 7.77. The molecule has 0 bridgehead atoms. The Morgan fingerprint density at radius 2 is 2.17 bits per heavy atom. The summed E-state index contributed by atoms with van der Waals surface area (Å²) in [6.45, 7) is 1.62. The highest BCUT2D eigenvalue weighted by atomic mass is 35.5. The fraction of sp³-hybridized carbons (Fsp3) is 0.412. The molecule has 2 heterocycles. The van der Waals surface area contributed by atoms with Crippen molar-refractivity contribution in [3.63, 3.8) is 0 Å². The minimum Gasteiger partial charge on any atom is -0.341 e. The zero-order valence-corrected chi connectivity index (χ0v) is 14.7. The van der Waals surface area contributed by atoms with E-state index in [4.69, 9.17) is 11.6 Å². The number of likely N-dealkylation sites (tertiary alicyclic amines) is 1. The Morgan fingerprint density at radius 3 is 2.87 bits per heavy atom. The average molecular weight is 350 g/mol. The molecule has 0 spiro atoms. The third-order valence-corrected chi connectivity index (χ3v) is 5.42. The highest BCUT2D eigenvalue weighted by molar-refractivity contribution is 8.00. The van der Waals surface area contributed by atoms with Gasteiger partial charge in [-0.1, -0.05) is 11.6 Å². The van der Waals surface area contributed by atoms with Crippen LogP contribution in [0.25, 0.3) is 0 Å². The van der Waals surface area contributed by atoms with Gasteiger partial charge in [-0.05, 0) is 37.1 Å². The van der Waals surface area contributed by atoms with Crippen LogP contribution in [0.15, 0.2) is 41.6 Å². The third-order valence-electron chi connectivity index (χ3n) is 4.17. The normalized spacial score (nSPS) is 18.2. The Kier molecular flexibility index (Phi) is 5.28. The van der Waals surface area contributed by atoms with Crippen LogP contribution in [0.3, 0.4) is 0 Å². The molecule has 1 aliphatic heterocycles. The van der Waals surface area contributed by atoms with Gasteiger partial charge >= 0.3 is 0 Å². The summed E-state index contributed by atoms with van der Waals surface area (Å²) in [5.74, 6) is 2.08. The number of nitrogens with zero attached hydrogens (tertiary/aromatic N) is 3. The summed E-state index contributed by atoms with van der Waals surface area (Å²) in [6, 6.07) is 7.61. The Bertz CT molecular complexity index is 671. The minimum absolute atomic E-state index is 0.198. The van der Waals surface area contributed by atoms with Gasteiger partial charge in [0.05, 0.1) is 5.75 Å². The van der Waals surface area contributed by atoms with Crippen LogP contribution in [-0.2, 0) is 11.8 Å². The van der Waals surface area contributed by atoms with E-state index in [9.17, 15) is 4.79 Å². The zero-order chi connectivity index (χ0) is 16.2. The van der Waals surface area contributed by atoms with Gasteiger partial charge in [0.1, 0.15) is 5.82 Å². The predicted octanol–water partition coefficient (Wildman–Crippen LogP) is 3.57. The number of aryl methyl sites for hydroxylation is 1. The lowest BCUT2D eigenvalue weighted by Crippen LogP contribution is -2.40. The van der Waals surface area contributed by atoms with Gasteiger partial charge in [-0.15, -0.1) is 11.8 Å². The van der Waals surface area contributed by atoms with Crippen LogP contribution in [0.2, 0.25) is 5.02 Å². The van der Waals surface area contributed by atoms with Crippen molar-refractivity contribution in [2.75, 3.05) is 18.8 Å². The molecule has 0 aliphatic carbocycles. The van der Waals surface area contributed by atoms with Gasteiger partial charge in [0.25, 0.3) is 0 Å². The van der Waals surface area contributed by atoms with Crippen molar-refractivity contribution in [2.45, 2.75) is 23.7 Å². The second-order valence-electron chi connectivity index (χ2n) is 5.82. The number of thioether (sulfide) groups is 1. The van der Waals surface area contributed by atoms with E-state index in [-0.39, 0.29) is 5.91 Å². The molecule has 6 heteroatoms. The molecule has 23 heavy (non-hydrogen) atoms. The van der Waals surface area contributed by atoms with Gasteiger partial charge in [0.2, 0.25) is 5.91 Å². The van der Waals surface area contributed by atoms with E-state index in [0.29, 0.717) is 11.7 Å². The lowest BCUT2D eigenvalue weighted by atomic mass is 9.97. The molecule has 0 N–H and O–H groups in total. The summed E-state index contributed by atoms with van der Waals surface area (Å²) in [5.41, 5.74) is 0. The fourth-order valence-electron chi connectivity index (χ4n) is 2.95. The first-order valence-corrected chi connectivity index (χ1v) is 9.13. The van der Waals surface area contributed by atoms with Crippen LogP contribution in [0, 0.1) is 0 Å². The monoisotopic (exact) mass is 349 g/mol. The smallest absolute Gasteiger partial charge is 0.232 e. The molecule has 1 fully saturated rings. The number of amides is 1. The van der Waals surface area contributed by atoms with E-state index >= 15 is 0 Å². The maximum absolute atomic E-state index is 12.5. The standard InChI is InChI=1S/C17H20ClN3OS/c1-20-10-8-19-17(20)13-3-2-9-21(11-13)16(22)12-23-15-6-4-14(18)5-7-15/h4-8,10,13H,2-3,9,11-12H2,1H3. The van der Waals surface area contributed by atoms with Crippen molar-refractivity contribution >= 4 is 29.3 Å². The number of hydrogen-bond donors (Lipinski definition) is 0. The van der Waals surface area contributed by atoms with Gasteiger partial charge in [0.15, 0.2) is 0 Å². The highest BCUT2D eigenvalue weighted by Gasteiger charge is 2.26. The SMILES string of the molecule is Cn1ccnc1C1CCCN(C(=O)CSc2ccc(Cl)cc2)C1. The largest absolute Gasteiger partial charge is 0.341 e. The van der Waals surface area contributed by atoms with Gasteiger partial charge in [0, 0.05) is 48.4 Å². The molecule has 3 rings (SSSR count). The second kappa shape index (κ2) is 7.41. The molecule has 2 aromatic rings. The number of imidazole rings is 1. The van der Waals surface area contributed by atoms with Crippen molar-refractivity contribution in [1.82, 2.24) is 14.5 Å². The fourth-order valence-corrected chi connectivity index (χ4v) is 3.88. The number of benzene rings is 1. The van der Waals surface area contributed by atoms with Crippen LogP contribution in [0.5, 0.6) is 0 Å². The molecule has 1 amide bonds. The summed E-state index contributed by atoms with van der Waals surface area (Å²) < 4.78 is 2.06. The number of piperidine rings is 1. The number of aromatic nitrogens is 2. The maximum Gasteiger partial charge on any atom is 0.232 e. The average Bonchev–Trinajstić information content (AvgIpc) is 3.00. The van der Waals surface area contributed by atoms with Crippen molar-refractivity contribution in [3.8, 4) is 0 Å². The first-order chi connectivity index (χ1) is 11.1. The van der Waals surface area contributed by atoms with Gasteiger partial charge in [-0.25, -0.2) is 4.98 Å². The van der Waals surface area contributed by atoms with Crippen LogP contribution in [0.4, 0.5) is 0 Å². The summed E-state index contributed by atoms with van der Waals surface area (Å²) in [7, 11) is 2.01. The van der Waals surface area contributed by atoms with Crippen molar-refractivity contribution < 1.29 is 4.79 Å². The van der Waals surface area contributed by atoms with E-state index < -0.39 is 0 Å². The molecular weight excluding hydrogens is 330 g/mol. The molecule has 1 unspecified atom stereocenters. The van der Waals surface area contributed by atoms with Crippen LogP contribution in [0.1, 0.15) is 24.6 Å². The maximum atomic E-state index is 12.5. The van der Waals surface area contributed by atoms with Crippen LogP contribution in [-0.4, -0.2) is 39.2 Å². The third kappa shape index (κ3) is 4.09. The number of carbonyl (C=O) groups excluding carboxylic acids is 1. The van der Waals surface area contributed by atoms with E-state index in [1.54, 1.807) is 11.8 Å². The number of carbonyl (C=O) groups is 1. The quantitative estimate of drug-likeness (QED) is 0.792. The minimum atomic E-state index is 0.198. The Balaban J connectivity index is 1.56. The molecule has 122 valence electrons. The van der Waals surface area contributed by atoms with E-state index in [1.165, 1.54) is 0 Å². The topological polar surface area (TPSA) is 38.1 Å². The second-order valence-corrected chi connectivity index (χ2v) is 7.30. The van der Waals surface area contributed by atoms with Gasteiger partial charge in [-0.3, -0.25) is 4.79 Å². The lowest BCUT2D eigenvalue weighted by molar-refractivity contribution is -0.129. The number of rotatable bonds is 4. The summed E-state index contributed by atoms with van der Waals surface area (Å²) in [4.78, 5) is 20.0. The highest BCUT2D eigenvalue weighted by Crippen LogP contribution is 2.27. The number of halogens is 1. The molecule has 4 nitrogen and oxygen atoms in total. The predicted molar refractivity (Wildman–Crippen MR) is 93.9 cm³/mol. The van der Waals surface area contributed by atoms with Crippen molar-refractivity contribution in [1.29, 1.82) is 0 Å². The summed E-state index contributed by atoms with van der Waals surface area (Å²) in [6.07, 6.45) is 5.92. The van der Waals surface area contributed by atoms with Crippen LogP contribution < -0.4 is 0 Å². The Labute approximate surface area is 145 Å². The van der Waals surface area contributed by atoms with Crippen molar-refractivity contribution in [2.24, 2.45) is 7.05 Å². The lowest BCUT2D eigenvalue weighted by Gasteiger charge is -2.32. The molecule has 1 aliphatic rings. The first kappa shape index (κ1) is 16.4. The molecule has 1 aromatic carbocycles. The number of hydrogen-bond acceptors (Lipinski definition) is 3.